The summed E-state index contributed by atoms with van der Waals surface area (Å²) in [6, 6.07) is 6.52. The zero-order chi connectivity index (χ0) is 14.1. The molecular weight excluding hydrogens is 282 g/mol. The van der Waals surface area contributed by atoms with Crippen LogP contribution in [-0.4, -0.2) is 25.2 Å². The smallest absolute Gasteiger partial charge is 0.305 e. The van der Waals surface area contributed by atoms with Gasteiger partial charge in [0, 0.05) is 5.38 Å². The van der Waals surface area contributed by atoms with E-state index >= 15 is 0 Å². The minimum Gasteiger partial charge on any atom is -0.305 e. The molecule has 0 fully saturated rings. The molecule has 8 nitrogen and oxygen atoms in total. The van der Waals surface area contributed by atoms with Crippen molar-refractivity contribution in [3.05, 3.63) is 56.2 Å². The molecule has 0 spiro atoms. The number of H-pyrrole nitrogens is 1. The van der Waals surface area contributed by atoms with Crippen molar-refractivity contribution < 1.29 is 4.79 Å². The van der Waals surface area contributed by atoms with Gasteiger partial charge in [0.15, 0.2) is 5.69 Å². The Balaban J connectivity index is 2.10. The van der Waals surface area contributed by atoms with E-state index in [9.17, 15) is 14.4 Å². The molecule has 20 heavy (non-hydrogen) atoms. The van der Waals surface area contributed by atoms with Crippen LogP contribution in [0.1, 0.15) is 10.5 Å². The van der Waals surface area contributed by atoms with Gasteiger partial charge in [-0.15, -0.1) is 5.10 Å². The number of aromatic amines is 1. The van der Waals surface area contributed by atoms with Gasteiger partial charge in [0.1, 0.15) is 0 Å². The van der Waals surface area contributed by atoms with Gasteiger partial charge in [-0.1, -0.05) is 16.6 Å². The summed E-state index contributed by atoms with van der Waals surface area (Å²) in [5.74, 6) is -0.679. The molecule has 0 saturated heterocycles. The average molecular weight is 289 g/mol. The van der Waals surface area contributed by atoms with Crippen molar-refractivity contribution in [1.29, 1.82) is 0 Å². The highest BCUT2D eigenvalue weighted by Crippen LogP contribution is 2.02. The number of amides is 1. The number of nitrogens with zero attached hydrogens (tertiary/aromatic N) is 3. The lowest BCUT2D eigenvalue weighted by Gasteiger charge is -2.06. The number of hydrogen-bond donors (Lipinski definition) is 2. The summed E-state index contributed by atoms with van der Waals surface area (Å²) < 4.78 is 4.15. The van der Waals surface area contributed by atoms with Crippen LogP contribution in [0.4, 0.5) is 0 Å². The molecule has 3 aromatic rings. The maximum atomic E-state index is 12.1. The van der Waals surface area contributed by atoms with Crippen molar-refractivity contribution in [3.63, 3.8) is 0 Å². The molecular formula is C11H7N5O3S. The van der Waals surface area contributed by atoms with Gasteiger partial charge in [0.2, 0.25) is 0 Å². The average Bonchev–Trinajstić information content (AvgIpc) is 2.97. The van der Waals surface area contributed by atoms with Gasteiger partial charge >= 0.3 is 5.69 Å². The maximum absolute atomic E-state index is 12.1. The van der Waals surface area contributed by atoms with E-state index in [1.54, 1.807) is 24.3 Å². The zero-order valence-electron chi connectivity index (χ0n) is 9.86. The van der Waals surface area contributed by atoms with Crippen molar-refractivity contribution in [3.8, 4) is 0 Å². The predicted molar refractivity (Wildman–Crippen MR) is 72.4 cm³/mol. The zero-order valence-corrected chi connectivity index (χ0v) is 10.7. The normalized spacial score (nSPS) is 10.6. The van der Waals surface area contributed by atoms with Gasteiger partial charge in [-0.25, -0.2) is 4.79 Å². The van der Waals surface area contributed by atoms with Crippen LogP contribution in [0.25, 0.3) is 10.9 Å². The van der Waals surface area contributed by atoms with E-state index in [-0.39, 0.29) is 5.69 Å². The van der Waals surface area contributed by atoms with E-state index in [1.165, 1.54) is 5.38 Å². The molecule has 2 aromatic heterocycles. The fraction of sp³-hybridized carbons (Fsp3) is 0. The predicted octanol–water partition coefficient (Wildman–Crippen LogP) is -0.0748. The van der Waals surface area contributed by atoms with Crippen molar-refractivity contribution in [1.82, 2.24) is 19.2 Å². The van der Waals surface area contributed by atoms with Crippen molar-refractivity contribution in [2.75, 3.05) is 5.43 Å². The Bertz CT molecular complexity index is 896. The van der Waals surface area contributed by atoms with Crippen LogP contribution in [0.15, 0.2) is 39.2 Å². The molecule has 0 atom stereocenters. The van der Waals surface area contributed by atoms with E-state index in [0.29, 0.717) is 15.6 Å². The van der Waals surface area contributed by atoms with E-state index < -0.39 is 17.2 Å². The van der Waals surface area contributed by atoms with Gasteiger partial charge in [-0.05, 0) is 23.7 Å². The summed E-state index contributed by atoms with van der Waals surface area (Å²) in [4.78, 5) is 38.3. The highest BCUT2D eigenvalue weighted by Gasteiger charge is 2.13. The summed E-state index contributed by atoms with van der Waals surface area (Å²) in [5.41, 5.74) is 1.30. The van der Waals surface area contributed by atoms with Crippen LogP contribution in [0, 0.1) is 0 Å². The third-order valence-electron chi connectivity index (χ3n) is 2.61. The number of carbonyl (C=O) groups excluding carboxylic acids is 1. The van der Waals surface area contributed by atoms with Gasteiger partial charge < -0.3 is 4.98 Å². The lowest BCUT2D eigenvalue weighted by Crippen LogP contribution is -2.43. The minimum atomic E-state index is -0.731. The molecule has 0 aliphatic rings. The summed E-state index contributed by atoms with van der Waals surface area (Å²) in [6.07, 6.45) is 0. The molecule has 0 radical (unpaired) electrons. The topological polar surface area (TPSA) is 110 Å². The van der Waals surface area contributed by atoms with Gasteiger partial charge in [0.25, 0.3) is 11.5 Å². The van der Waals surface area contributed by atoms with Crippen LogP contribution in [0.3, 0.4) is 0 Å². The highest BCUT2D eigenvalue weighted by molar-refractivity contribution is 7.03. The lowest BCUT2D eigenvalue weighted by atomic mass is 10.2. The number of fused-ring (bicyclic) bond motifs is 1. The maximum Gasteiger partial charge on any atom is 0.348 e. The monoisotopic (exact) mass is 289 g/mol. The van der Waals surface area contributed by atoms with Crippen LogP contribution >= 0.6 is 11.5 Å². The number of carbonyl (C=O) groups is 1. The quantitative estimate of drug-likeness (QED) is 0.686. The van der Waals surface area contributed by atoms with E-state index in [2.05, 4.69) is 20.0 Å². The Labute approximate surface area is 114 Å². The van der Waals surface area contributed by atoms with Crippen molar-refractivity contribution in [2.24, 2.45) is 0 Å². The van der Waals surface area contributed by atoms with Gasteiger partial charge in [0.05, 0.1) is 10.9 Å². The van der Waals surface area contributed by atoms with Gasteiger partial charge in [-0.3, -0.25) is 15.0 Å². The first-order valence-corrected chi connectivity index (χ1v) is 6.33. The number of rotatable bonds is 2. The summed E-state index contributed by atoms with van der Waals surface area (Å²) in [6.45, 7) is 0. The number of aromatic nitrogens is 4. The molecule has 1 amide bonds. The Hall–Kier alpha value is -2.81. The number of para-hydroxylation sites is 1. The highest BCUT2D eigenvalue weighted by atomic mass is 32.1. The minimum absolute atomic E-state index is 0.0365. The van der Waals surface area contributed by atoms with Crippen LogP contribution < -0.4 is 16.7 Å². The van der Waals surface area contributed by atoms with E-state index in [4.69, 9.17) is 0 Å². The Morgan fingerprint density at radius 1 is 1.30 bits per heavy atom. The molecule has 0 bridgehead atoms. The Morgan fingerprint density at radius 3 is 2.85 bits per heavy atom. The molecule has 1 aromatic carbocycles. The summed E-state index contributed by atoms with van der Waals surface area (Å²) in [5, 5.41) is 5.27. The van der Waals surface area contributed by atoms with Gasteiger partial charge in [-0.2, -0.15) is 4.68 Å². The SMILES string of the molecule is O=C(Nn1c(=O)[nH]c2ccccc2c1=O)c1csnn1. The molecule has 0 saturated carbocycles. The first-order valence-electron chi connectivity index (χ1n) is 5.49. The molecule has 3 rings (SSSR count). The van der Waals surface area contributed by atoms with E-state index in [0.717, 1.165) is 11.5 Å². The van der Waals surface area contributed by atoms with E-state index in [1.807, 2.05) is 0 Å². The fourth-order valence-electron chi connectivity index (χ4n) is 1.69. The summed E-state index contributed by atoms with van der Waals surface area (Å²) in [7, 11) is 0. The molecule has 100 valence electrons. The summed E-state index contributed by atoms with van der Waals surface area (Å²) >= 11 is 0.994. The second-order valence-electron chi connectivity index (χ2n) is 3.85. The number of hydrogen-bond acceptors (Lipinski definition) is 6. The molecule has 0 aliphatic heterocycles. The first-order chi connectivity index (χ1) is 9.66. The van der Waals surface area contributed by atoms with Crippen molar-refractivity contribution in [2.45, 2.75) is 0 Å². The van der Waals surface area contributed by atoms with Crippen LogP contribution in [0.5, 0.6) is 0 Å². The number of nitrogens with one attached hydrogen (secondary N) is 2. The number of benzene rings is 1. The third-order valence-corrected chi connectivity index (χ3v) is 3.12. The fourth-order valence-corrected chi connectivity index (χ4v) is 2.12. The standard InChI is InChI=1S/C11H7N5O3S/c17-9(8-5-20-15-13-8)14-16-10(18)6-3-1-2-4-7(6)12-11(16)19/h1-5H,(H,12,19)(H,14,17). The largest absolute Gasteiger partial charge is 0.348 e. The van der Waals surface area contributed by atoms with Crippen LogP contribution in [-0.2, 0) is 0 Å². The Kier molecular flexibility index (Phi) is 2.88. The molecule has 9 heteroatoms. The molecule has 0 aliphatic carbocycles. The Morgan fingerprint density at radius 2 is 2.10 bits per heavy atom. The lowest BCUT2D eigenvalue weighted by molar-refractivity contribution is 0.100. The molecule has 2 heterocycles. The molecule has 2 N–H and O–H groups in total. The van der Waals surface area contributed by atoms with Crippen molar-refractivity contribution >= 4 is 28.3 Å². The first kappa shape index (κ1) is 12.2. The second-order valence-corrected chi connectivity index (χ2v) is 4.46. The van der Waals surface area contributed by atoms with Crippen LogP contribution in [0.2, 0.25) is 0 Å². The second kappa shape index (κ2) is 4.70. The third kappa shape index (κ3) is 1.99. The molecule has 0 unspecified atom stereocenters.